The molecule has 0 aromatic carbocycles. The third kappa shape index (κ3) is 5.23. The van der Waals surface area contributed by atoms with Crippen molar-refractivity contribution in [1.29, 1.82) is 0 Å². The maximum absolute atomic E-state index is 12.0. The zero-order valence-corrected chi connectivity index (χ0v) is 12.1. The fourth-order valence-corrected chi connectivity index (χ4v) is 2.64. The molecule has 0 aromatic rings. The van der Waals surface area contributed by atoms with Crippen molar-refractivity contribution in [2.24, 2.45) is 16.6 Å². The summed E-state index contributed by atoms with van der Waals surface area (Å²) in [4.78, 5) is 12.0. The SMILES string of the molecule is CC(C)(C)C#CCC(=O)CC1(CN)CCCCC1. The number of rotatable bonds is 4. The predicted octanol–water partition coefficient (Wildman–Crippen LogP) is 3.29. The molecule has 1 rings (SSSR count). The Bertz CT molecular complexity index is 334. The molecule has 2 N–H and O–H groups in total. The molecule has 0 aromatic heterocycles. The van der Waals surface area contributed by atoms with E-state index in [0.29, 0.717) is 19.4 Å². The molecule has 18 heavy (non-hydrogen) atoms. The van der Waals surface area contributed by atoms with Gasteiger partial charge >= 0.3 is 0 Å². The van der Waals surface area contributed by atoms with Crippen molar-refractivity contribution in [3.8, 4) is 11.8 Å². The fourth-order valence-electron chi connectivity index (χ4n) is 2.64. The summed E-state index contributed by atoms with van der Waals surface area (Å²) >= 11 is 0. The number of nitrogens with two attached hydrogens (primary N) is 1. The molecule has 102 valence electrons. The Morgan fingerprint density at radius 3 is 2.33 bits per heavy atom. The van der Waals surface area contributed by atoms with Crippen molar-refractivity contribution < 1.29 is 4.79 Å². The Labute approximate surface area is 112 Å². The van der Waals surface area contributed by atoms with Gasteiger partial charge in [0.15, 0.2) is 0 Å². The van der Waals surface area contributed by atoms with E-state index in [9.17, 15) is 4.79 Å². The topological polar surface area (TPSA) is 43.1 Å². The summed E-state index contributed by atoms with van der Waals surface area (Å²) in [7, 11) is 0. The zero-order chi connectivity index (χ0) is 13.6. The van der Waals surface area contributed by atoms with E-state index in [1.165, 1.54) is 19.3 Å². The average molecular weight is 249 g/mol. The monoisotopic (exact) mass is 249 g/mol. The first-order valence-corrected chi connectivity index (χ1v) is 7.09. The van der Waals surface area contributed by atoms with E-state index >= 15 is 0 Å². The van der Waals surface area contributed by atoms with E-state index in [0.717, 1.165) is 12.8 Å². The second-order valence-corrected chi connectivity index (χ2v) is 6.71. The van der Waals surface area contributed by atoms with Crippen molar-refractivity contribution in [3.05, 3.63) is 0 Å². The lowest BCUT2D eigenvalue weighted by molar-refractivity contribution is -0.120. The van der Waals surface area contributed by atoms with Crippen LogP contribution in [0.25, 0.3) is 0 Å². The van der Waals surface area contributed by atoms with E-state index in [1.807, 2.05) is 0 Å². The first-order chi connectivity index (χ1) is 8.37. The average Bonchev–Trinajstić information content (AvgIpc) is 2.28. The number of hydrogen-bond donors (Lipinski definition) is 1. The predicted molar refractivity (Wildman–Crippen MR) is 76.0 cm³/mol. The molecule has 1 fully saturated rings. The van der Waals surface area contributed by atoms with Crippen LogP contribution in [0.15, 0.2) is 0 Å². The van der Waals surface area contributed by atoms with Crippen molar-refractivity contribution in [1.82, 2.24) is 0 Å². The molecule has 1 saturated carbocycles. The first-order valence-electron chi connectivity index (χ1n) is 7.09. The first kappa shape index (κ1) is 15.2. The number of carbonyl (C=O) groups is 1. The molecule has 2 heteroatoms. The highest BCUT2D eigenvalue weighted by Gasteiger charge is 2.32. The molecule has 0 heterocycles. The molecule has 1 aliphatic carbocycles. The van der Waals surface area contributed by atoms with Crippen LogP contribution in [0, 0.1) is 22.7 Å². The van der Waals surface area contributed by atoms with Gasteiger partial charge in [-0.25, -0.2) is 0 Å². The Hall–Kier alpha value is -0.810. The maximum atomic E-state index is 12.0. The van der Waals surface area contributed by atoms with Crippen molar-refractivity contribution in [3.63, 3.8) is 0 Å². The smallest absolute Gasteiger partial charge is 0.145 e. The Morgan fingerprint density at radius 1 is 1.22 bits per heavy atom. The Morgan fingerprint density at radius 2 is 1.83 bits per heavy atom. The summed E-state index contributed by atoms with van der Waals surface area (Å²) in [6, 6.07) is 0. The quantitative estimate of drug-likeness (QED) is 0.777. The molecular formula is C16H27NO. The summed E-state index contributed by atoms with van der Waals surface area (Å²) in [6.07, 6.45) is 6.97. The summed E-state index contributed by atoms with van der Waals surface area (Å²) in [5.74, 6) is 6.40. The lowest BCUT2D eigenvalue weighted by Gasteiger charge is -2.35. The molecule has 0 unspecified atom stereocenters. The van der Waals surface area contributed by atoms with Crippen LogP contribution in [-0.4, -0.2) is 12.3 Å². The van der Waals surface area contributed by atoms with Gasteiger partial charge in [0.1, 0.15) is 5.78 Å². The number of Topliss-reactive ketones (excluding diaryl/α,β-unsaturated/α-hetero) is 1. The van der Waals surface area contributed by atoms with Gasteiger partial charge < -0.3 is 5.73 Å². The van der Waals surface area contributed by atoms with Gasteiger partial charge in [-0.05, 0) is 45.6 Å². The van der Waals surface area contributed by atoms with Crippen molar-refractivity contribution in [2.75, 3.05) is 6.54 Å². The van der Waals surface area contributed by atoms with Gasteiger partial charge in [-0.3, -0.25) is 4.79 Å². The van der Waals surface area contributed by atoms with Gasteiger partial charge in [-0.1, -0.05) is 31.1 Å². The minimum absolute atomic E-state index is 0.0172. The minimum Gasteiger partial charge on any atom is -0.330 e. The largest absolute Gasteiger partial charge is 0.330 e. The summed E-state index contributed by atoms with van der Waals surface area (Å²) in [6.45, 7) is 6.83. The van der Waals surface area contributed by atoms with E-state index < -0.39 is 0 Å². The van der Waals surface area contributed by atoms with Crippen LogP contribution in [0.2, 0.25) is 0 Å². The summed E-state index contributed by atoms with van der Waals surface area (Å²) in [5, 5.41) is 0. The molecule has 0 saturated heterocycles. The van der Waals surface area contributed by atoms with Crippen LogP contribution in [0.3, 0.4) is 0 Å². The van der Waals surface area contributed by atoms with Gasteiger partial charge in [-0.2, -0.15) is 0 Å². The zero-order valence-electron chi connectivity index (χ0n) is 12.1. The van der Waals surface area contributed by atoms with Gasteiger partial charge in [0, 0.05) is 11.8 Å². The third-order valence-electron chi connectivity index (χ3n) is 3.67. The van der Waals surface area contributed by atoms with Crippen molar-refractivity contribution >= 4 is 5.78 Å². The van der Waals surface area contributed by atoms with E-state index in [2.05, 4.69) is 32.6 Å². The second kappa shape index (κ2) is 6.38. The normalized spacial score (nSPS) is 18.9. The van der Waals surface area contributed by atoms with Gasteiger partial charge in [0.05, 0.1) is 6.42 Å². The lowest BCUT2D eigenvalue weighted by Crippen LogP contribution is -2.34. The fraction of sp³-hybridized carbons (Fsp3) is 0.812. The molecule has 0 radical (unpaired) electrons. The molecule has 0 amide bonds. The highest BCUT2D eigenvalue weighted by molar-refractivity contribution is 5.81. The van der Waals surface area contributed by atoms with E-state index in [1.54, 1.807) is 0 Å². The van der Waals surface area contributed by atoms with Gasteiger partial charge in [0.25, 0.3) is 0 Å². The maximum Gasteiger partial charge on any atom is 0.145 e. The third-order valence-corrected chi connectivity index (χ3v) is 3.67. The molecule has 0 spiro atoms. The van der Waals surface area contributed by atoms with Gasteiger partial charge in [0.2, 0.25) is 0 Å². The highest BCUT2D eigenvalue weighted by atomic mass is 16.1. The molecule has 0 bridgehead atoms. The molecule has 0 atom stereocenters. The summed E-state index contributed by atoms with van der Waals surface area (Å²) < 4.78 is 0. The minimum atomic E-state index is -0.0172. The number of carbonyl (C=O) groups excluding carboxylic acids is 1. The molecule has 0 aliphatic heterocycles. The van der Waals surface area contributed by atoms with Crippen LogP contribution < -0.4 is 5.73 Å². The molecular weight excluding hydrogens is 222 g/mol. The lowest BCUT2D eigenvalue weighted by atomic mass is 9.71. The standard InChI is InChI=1S/C16H27NO/c1-15(2,3)9-7-8-14(18)12-16(13-17)10-5-4-6-11-16/h4-6,8,10-13,17H2,1-3H3. The van der Waals surface area contributed by atoms with Gasteiger partial charge in [-0.15, -0.1) is 0 Å². The Kier molecular flexibility index (Phi) is 5.41. The van der Waals surface area contributed by atoms with Crippen LogP contribution in [0.5, 0.6) is 0 Å². The van der Waals surface area contributed by atoms with E-state index in [4.69, 9.17) is 5.73 Å². The van der Waals surface area contributed by atoms with Crippen LogP contribution in [0.1, 0.15) is 65.7 Å². The van der Waals surface area contributed by atoms with Crippen LogP contribution in [-0.2, 0) is 4.79 Å². The molecule has 1 aliphatic rings. The molecule has 2 nitrogen and oxygen atoms in total. The van der Waals surface area contributed by atoms with Crippen LogP contribution >= 0.6 is 0 Å². The highest BCUT2D eigenvalue weighted by Crippen LogP contribution is 2.38. The summed E-state index contributed by atoms with van der Waals surface area (Å²) in [5.41, 5.74) is 5.96. The number of hydrogen-bond acceptors (Lipinski definition) is 2. The van der Waals surface area contributed by atoms with Crippen LogP contribution in [0.4, 0.5) is 0 Å². The second-order valence-electron chi connectivity index (χ2n) is 6.71. The van der Waals surface area contributed by atoms with Crippen molar-refractivity contribution in [2.45, 2.75) is 65.7 Å². The Balaban J connectivity index is 2.49. The number of ketones is 1. The van der Waals surface area contributed by atoms with E-state index in [-0.39, 0.29) is 16.6 Å².